The van der Waals surface area contributed by atoms with Crippen LogP contribution in [0.3, 0.4) is 0 Å². The van der Waals surface area contributed by atoms with Crippen LogP contribution >= 0.6 is 0 Å². The lowest BCUT2D eigenvalue weighted by molar-refractivity contribution is -0.134. The summed E-state index contributed by atoms with van der Waals surface area (Å²) in [5.74, 6) is 1.33. The minimum Gasteiger partial charge on any atom is -0.374 e. The Labute approximate surface area is 142 Å². The van der Waals surface area contributed by atoms with E-state index >= 15 is 0 Å². The summed E-state index contributed by atoms with van der Waals surface area (Å²) < 4.78 is 11.6. The highest BCUT2D eigenvalue weighted by Crippen LogP contribution is 2.36. The summed E-state index contributed by atoms with van der Waals surface area (Å²) in [5.41, 5.74) is 0.923. The van der Waals surface area contributed by atoms with Gasteiger partial charge in [-0.2, -0.15) is 5.10 Å². The number of aryl methyl sites for hydroxylation is 1. The van der Waals surface area contributed by atoms with Gasteiger partial charge in [0.15, 0.2) is 5.82 Å². The molecule has 1 aromatic rings. The summed E-state index contributed by atoms with van der Waals surface area (Å²) in [5, 5.41) is 8.50. The number of likely N-dealkylation sites (N-methyl/N-ethyl adjacent to an activating group) is 1. The lowest BCUT2D eigenvalue weighted by Gasteiger charge is -2.38. The van der Waals surface area contributed by atoms with E-state index in [1.807, 2.05) is 19.1 Å². The predicted octanol–water partition coefficient (Wildman–Crippen LogP) is 0.874. The number of aromatic nitrogens is 2. The number of anilines is 1. The average molecular weight is 334 g/mol. The largest absolute Gasteiger partial charge is 0.374 e. The van der Waals surface area contributed by atoms with Gasteiger partial charge >= 0.3 is 0 Å². The molecular formula is C17H26N4O3. The molecule has 0 spiro atoms. The van der Waals surface area contributed by atoms with Crippen LogP contribution < -0.4 is 4.90 Å². The molecular weight excluding hydrogens is 308 g/mol. The number of nitrogens with zero attached hydrogens (tertiary/aromatic N) is 4. The van der Waals surface area contributed by atoms with Crippen molar-refractivity contribution in [3.05, 3.63) is 17.8 Å². The molecule has 1 aromatic heterocycles. The Morgan fingerprint density at radius 2 is 2.21 bits per heavy atom. The van der Waals surface area contributed by atoms with Crippen LogP contribution in [0.25, 0.3) is 0 Å². The van der Waals surface area contributed by atoms with Gasteiger partial charge in [-0.1, -0.05) is 0 Å². The van der Waals surface area contributed by atoms with Gasteiger partial charge in [0.05, 0.1) is 31.1 Å². The lowest BCUT2D eigenvalue weighted by Crippen LogP contribution is -2.49. The second kappa shape index (κ2) is 7.44. The van der Waals surface area contributed by atoms with Crippen molar-refractivity contribution >= 4 is 11.7 Å². The van der Waals surface area contributed by atoms with Gasteiger partial charge in [0, 0.05) is 20.6 Å². The molecule has 0 aromatic carbocycles. The zero-order valence-corrected chi connectivity index (χ0v) is 14.6. The first-order chi connectivity index (χ1) is 11.5. The number of rotatable bonds is 5. The van der Waals surface area contributed by atoms with Crippen molar-refractivity contribution < 1.29 is 14.3 Å². The summed E-state index contributed by atoms with van der Waals surface area (Å²) in [4.78, 5) is 15.4. The molecule has 0 bridgehead atoms. The van der Waals surface area contributed by atoms with E-state index in [4.69, 9.17) is 9.47 Å². The van der Waals surface area contributed by atoms with Crippen LogP contribution in [0.2, 0.25) is 0 Å². The molecule has 1 aliphatic heterocycles. The molecule has 3 rings (SSSR count). The zero-order valence-electron chi connectivity index (χ0n) is 14.6. The van der Waals surface area contributed by atoms with Crippen LogP contribution in [-0.2, 0) is 14.3 Å². The third kappa shape index (κ3) is 3.84. The van der Waals surface area contributed by atoms with Crippen LogP contribution in [0.5, 0.6) is 0 Å². The molecule has 2 heterocycles. The third-order valence-corrected chi connectivity index (χ3v) is 4.79. The molecule has 0 radical (unpaired) electrons. The number of hydrogen-bond donors (Lipinski definition) is 0. The number of fused-ring (bicyclic) bond motifs is 1. The van der Waals surface area contributed by atoms with E-state index < -0.39 is 0 Å². The van der Waals surface area contributed by atoms with E-state index in [0.717, 1.165) is 30.9 Å². The van der Waals surface area contributed by atoms with Gasteiger partial charge < -0.3 is 19.3 Å². The highest BCUT2D eigenvalue weighted by Gasteiger charge is 2.41. The molecule has 132 valence electrons. The quantitative estimate of drug-likeness (QED) is 0.796. The molecule has 1 saturated carbocycles. The van der Waals surface area contributed by atoms with E-state index in [0.29, 0.717) is 25.2 Å². The molecule has 24 heavy (non-hydrogen) atoms. The van der Waals surface area contributed by atoms with Crippen LogP contribution in [0, 0.1) is 12.8 Å². The Balaban J connectivity index is 1.57. The van der Waals surface area contributed by atoms with Crippen LogP contribution in [-0.4, -0.2) is 73.6 Å². The number of morpholine rings is 1. The van der Waals surface area contributed by atoms with Gasteiger partial charge in [0.2, 0.25) is 5.91 Å². The van der Waals surface area contributed by atoms with Gasteiger partial charge in [-0.25, -0.2) is 0 Å². The summed E-state index contributed by atoms with van der Waals surface area (Å²) in [6.45, 7) is 4.24. The van der Waals surface area contributed by atoms with Gasteiger partial charge in [-0.05, 0) is 37.8 Å². The number of amides is 1. The average Bonchev–Trinajstić information content (AvgIpc) is 2.98. The first-order valence-corrected chi connectivity index (χ1v) is 8.51. The fourth-order valence-electron chi connectivity index (χ4n) is 3.46. The van der Waals surface area contributed by atoms with E-state index in [9.17, 15) is 4.79 Å². The van der Waals surface area contributed by atoms with Crippen LogP contribution in [0.15, 0.2) is 12.1 Å². The topological polar surface area (TPSA) is 67.8 Å². The highest BCUT2D eigenvalue weighted by atomic mass is 16.5. The van der Waals surface area contributed by atoms with Crippen molar-refractivity contribution in [1.29, 1.82) is 0 Å². The predicted molar refractivity (Wildman–Crippen MR) is 89.9 cm³/mol. The Bertz CT molecular complexity index is 563. The molecule has 1 saturated heterocycles. The summed E-state index contributed by atoms with van der Waals surface area (Å²) in [7, 11) is 3.48. The molecule has 7 heteroatoms. The van der Waals surface area contributed by atoms with Crippen molar-refractivity contribution in [3.63, 3.8) is 0 Å². The molecule has 2 fully saturated rings. The van der Waals surface area contributed by atoms with Crippen molar-refractivity contribution in [2.24, 2.45) is 5.92 Å². The smallest absolute Gasteiger partial charge is 0.248 e. The number of carbonyl (C=O) groups is 1. The second-order valence-electron chi connectivity index (χ2n) is 6.84. The van der Waals surface area contributed by atoms with Gasteiger partial charge in [0.1, 0.15) is 6.61 Å². The maximum Gasteiger partial charge on any atom is 0.248 e. The van der Waals surface area contributed by atoms with E-state index in [2.05, 4.69) is 15.1 Å². The van der Waals surface area contributed by atoms with Crippen LogP contribution in [0.4, 0.5) is 5.82 Å². The number of carbonyl (C=O) groups excluding carboxylic acids is 1. The first-order valence-electron chi connectivity index (χ1n) is 8.51. The normalized spacial score (nSPS) is 26.3. The van der Waals surface area contributed by atoms with E-state index in [-0.39, 0.29) is 18.6 Å². The molecule has 7 nitrogen and oxygen atoms in total. The molecule has 1 amide bonds. The van der Waals surface area contributed by atoms with Crippen molar-refractivity contribution in [3.8, 4) is 0 Å². The summed E-state index contributed by atoms with van der Waals surface area (Å²) in [6.07, 6.45) is 2.17. The molecule has 3 unspecified atom stereocenters. The number of hydrogen-bond acceptors (Lipinski definition) is 6. The van der Waals surface area contributed by atoms with Crippen LogP contribution in [0.1, 0.15) is 18.5 Å². The minimum atomic E-state index is -0.00165. The van der Waals surface area contributed by atoms with Gasteiger partial charge in [-0.3, -0.25) is 4.79 Å². The zero-order chi connectivity index (χ0) is 17.1. The lowest BCUT2D eigenvalue weighted by atomic mass is 10.1. The highest BCUT2D eigenvalue weighted by molar-refractivity contribution is 5.76. The molecule has 2 aliphatic rings. The Hall–Kier alpha value is -1.73. The monoisotopic (exact) mass is 334 g/mol. The van der Waals surface area contributed by atoms with Crippen molar-refractivity contribution in [2.45, 2.75) is 31.9 Å². The summed E-state index contributed by atoms with van der Waals surface area (Å²) in [6, 6.07) is 4.34. The number of ether oxygens (including phenoxy) is 2. The van der Waals surface area contributed by atoms with Crippen molar-refractivity contribution in [2.75, 3.05) is 45.4 Å². The SMILES string of the molecule is Cc1ccc(N2CCOC3CC(COCC(=O)N(C)C)CC32)nn1. The van der Waals surface area contributed by atoms with E-state index in [1.165, 1.54) is 0 Å². The molecule has 0 N–H and O–H groups in total. The second-order valence-corrected chi connectivity index (χ2v) is 6.84. The molecule has 1 aliphatic carbocycles. The third-order valence-electron chi connectivity index (χ3n) is 4.79. The van der Waals surface area contributed by atoms with Gasteiger partial charge in [0.25, 0.3) is 0 Å². The Morgan fingerprint density at radius 1 is 1.38 bits per heavy atom. The fourth-order valence-corrected chi connectivity index (χ4v) is 3.46. The maximum absolute atomic E-state index is 11.6. The fraction of sp³-hybridized carbons (Fsp3) is 0.706. The first kappa shape index (κ1) is 17.1. The maximum atomic E-state index is 11.6. The van der Waals surface area contributed by atoms with Gasteiger partial charge in [-0.15, -0.1) is 5.10 Å². The standard InChI is InChI=1S/C17H26N4O3/c1-12-4-5-16(19-18-12)21-6-7-24-15-9-13(8-14(15)21)10-23-11-17(22)20(2)3/h4-5,13-15H,6-11H2,1-3H3. The Morgan fingerprint density at radius 3 is 2.92 bits per heavy atom. The van der Waals surface area contributed by atoms with E-state index in [1.54, 1.807) is 19.0 Å². The summed E-state index contributed by atoms with van der Waals surface area (Å²) >= 11 is 0. The van der Waals surface area contributed by atoms with Crippen molar-refractivity contribution in [1.82, 2.24) is 15.1 Å². The Kier molecular flexibility index (Phi) is 5.30. The molecule has 3 atom stereocenters. The minimum absolute atomic E-state index is 0.00165.